The van der Waals surface area contributed by atoms with Gasteiger partial charge in [0.1, 0.15) is 0 Å². The predicted molar refractivity (Wildman–Crippen MR) is 72.9 cm³/mol. The SMILES string of the molecule is CSCC(C)NC(=O)NC1CCC(C(=O)O)CC1. The first-order valence-electron chi connectivity index (χ1n) is 6.31. The standard InChI is InChI=1S/C12H22N2O3S/c1-8(7-18-2)13-12(17)14-10-5-3-9(4-6-10)11(15)16/h8-10H,3-7H2,1-2H3,(H,15,16)(H2,13,14,17). The summed E-state index contributed by atoms with van der Waals surface area (Å²) < 4.78 is 0. The molecule has 1 atom stereocenters. The van der Waals surface area contributed by atoms with Crippen molar-refractivity contribution in [3.63, 3.8) is 0 Å². The van der Waals surface area contributed by atoms with Crippen molar-refractivity contribution in [2.24, 2.45) is 5.92 Å². The largest absolute Gasteiger partial charge is 0.481 e. The van der Waals surface area contributed by atoms with Gasteiger partial charge in [-0.2, -0.15) is 11.8 Å². The molecule has 5 nitrogen and oxygen atoms in total. The number of amides is 2. The van der Waals surface area contributed by atoms with Gasteiger partial charge in [-0.1, -0.05) is 0 Å². The second kappa shape index (κ2) is 7.51. The zero-order chi connectivity index (χ0) is 13.5. The third kappa shape index (κ3) is 5.16. The molecule has 1 fully saturated rings. The molecule has 0 aromatic carbocycles. The Hall–Kier alpha value is -0.910. The minimum Gasteiger partial charge on any atom is -0.481 e. The maximum Gasteiger partial charge on any atom is 0.315 e. The smallest absolute Gasteiger partial charge is 0.315 e. The van der Waals surface area contributed by atoms with Gasteiger partial charge in [0.2, 0.25) is 0 Å². The van der Waals surface area contributed by atoms with E-state index in [0.29, 0.717) is 12.8 Å². The Morgan fingerprint density at radius 2 is 1.94 bits per heavy atom. The van der Waals surface area contributed by atoms with Gasteiger partial charge in [-0.25, -0.2) is 4.79 Å². The van der Waals surface area contributed by atoms with Crippen LogP contribution in [0.2, 0.25) is 0 Å². The van der Waals surface area contributed by atoms with Gasteiger partial charge in [0.05, 0.1) is 5.92 Å². The summed E-state index contributed by atoms with van der Waals surface area (Å²) >= 11 is 1.69. The van der Waals surface area contributed by atoms with E-state index in [1.54, 1.807) is 11.8 Å². The maximum atomic E-state index is 11.7. The maximum absolute atomic E-state index is 11.7. The number of carbonyl (C=O) groups is 2. The molecule has 0 aliphatic heterocycles. The van der Waals surface area contributed by atoms with Gasteiger partial charge in [0.25, 0.3) is 0 Å². The molecule has 0 heterocycles. The van der Waals surface area contributed by atoms with Crippen molar-refractivity contribution in [3.05, 3.63) is 0 Å². The molecule has 1 aliphatic carbocycles. The third-order valence-corrected chi connectivity index (χ3v) is 4.04. The molecule has 18 heavy (non-hydrogen) atoms. The number of carboxylic acid groups (broad SMARTS) is 1. The highest BCUT2D eigenvalue weighted by molar-refractivity contribution is 7.98. The van der Waals surface area contributed by atoms with Crippen LogP contribution in [0.4, 0.5) is 4.79 Å². The van der Waals surface area contributed by atoms with E-state index in [1.807, 2.05) is 13.2 Å². The van der Waals surface area contributed by atoms with Gasteiger partial charge in [0, 0.05) is 17.8 Å². The number of aliphatic carboxylic acids is 1. The number of hydrogen-bond donors (Lipinski definition) is 3. The van der Waals surface area contributed by atoms with Crippen LogP contribution in [0.15, 0.2) is 0 Å². The highest BCUT2D eigenvalue weighted by atomic mass is 32.2. The Morgan fingerprint density at radius 3 is 2.44 bits per heavy atom. The highest BCUT2D eigenvalue weighted by Crippen LogP contribution is 2.24. The molecule has 104 valence electrons. The van der Waals surface area contributed by atoms with Crippen molar-refractivity contribution in [2.75, 3.05) is 12.0 Å². The summed E-state index contributed by atoms with van der Waals surface area (Å²) in [6.07, 6.45) is 4.81. The van der Waals surface area contributed by atoms with Crippen LogP contribution in [-0.4, -0.2) is 41.2 Å². The van der Waals surface area contributed by atoms with Crippen molar-refractivity contribution in [1.82, 2.24) is 10.6 Å². The molecule has 0 spiro atoms. The molecule has 1 unspecified atom stereocenters. The van der Waals surface area contributed by atoms with Gasteiger partial charge in [-0.3, -0.25) is 4.79 Å². The van der Waals surface area contributed by atoms with Gasteiger partial charge < -0.3 is 15.7 Å². The lowest BCUT2D eigenvalue weighted by Crippen LogP contribution is -2.47. The van der Waals surface area contributed by atoms with E-state index in [2.05, 4.69) is 10.6 Å². The van der Waals surface area contributed by atoms with E-state index in [1.165, 1.54) is 0 Å². The number of urea groups is 1. The molecule has 6 heteroatoms. The molecule has 0 saturated heterocycles. The normalized spacial score (nSPS) is 25.2. The fourth-order valence-electron chi connectivity index (χ4n) is 2.23. The lowest BCUT2D eigenvalue weighted by molar-refractivity contribution is -0.142. The van der Waals surface area contributed by atoms with Crippen LogP contribution < -0.4 is 10.6 Å². The first kappa shape index (κ1) is 15.1. The quantitative estimate of drug-likeness (QED) is 0.713. The molecular weight excluding hydrogens is 252 g/mol. The van der Waals surface area contributed by atoms with Crippen LogP contribution in [0, 0.1) is 5.92 Å². The second-order valence-electron chi connectivity index (χ2n) is 4.86. The average Bonchev–Trinajstić information content (AvgIpc) is 2.29. The molecule has 0 radical (unpaired) electrons. The number of hydrogen-bond acceptors (Lipinski definition) is 3. The zero-order valence-electron chi connectivity index (χ0n) is 10.9. The average molecular weight is 274 g/mol. The Kier molecular flexibility index (Phi) is 6.32. The minimum atomic E-state index is -0.716. The number of thioether (sulfide) groups is 1. The molecule has 2 amide bonds. The van der Waals surface area contributed by atoms with Crippen LogP contribution in [0.5, 0.6) is 0 Å². The predicted octanol–water partition coefficient (Wildman–Crippen LogP) is 1.68. The summed E-state index contributed by atoms with van der Waals surface area (Å²) in [5.74, 6) is -0.0628. The summed E-state index contributed by atoms with van der Waals surface area (Å²) in [6, 6.07) is 0.118. The van der Waals surface area contributed by atoms with Crippen molar-refractivity contribution in [2.45, 2.75) is 44.7 Å². The molecule has 0 aromatic rings. The van der Waals surface area contributed by atoms with Gasteiger partial charge >= 0.3 is 12.0 Å². The molecule has 1 saturated carbocycles. The summed E-state index contributed by atoms with van der Waals surface area (Å²) in [5, 5.41) is 14.7. The van der Waals surface area contributed by atoms with Crippen molar-refractivity contribution in [1.29, 1.82) is 0 Å². The second-order valence-corrected chi connectivity index (χ2v) is 5.77. The van der Waals surface area contributed by atoms with Crippen LogP contribution in [0.1, 0.15) is 32.6 Å². The molecule has 1 aliphatic rings. The highest BCUT2D eigenvalue weighted by Gasteiger charge is 2.26. The molecule has 1 rings (SSSR count). The number of carboxylic acids is 1. The topological polar surface area (TPSA) is 78.4 Å². The van der Waals surface area contributed by atoms with Crippen LogP contribution >= 0.6 is 11.8 Å². The zero-order valence-corrected chi connectivity index (χ0v) is 11.8. The number of rotatable bonds is 5. The lowest BCUT2D eigenvalue weighted by Gasteiger charge is -2.27. The van der Waals surface area contributed by atoms with Gasteiger partial charge in [-0.15, -0.1) is 0 Å². The fourth-order valence-corrected chi connectivity index (χ4v) is 2.81. The monoisotopic (exact) mass is 274 g/mol. The number of carbonyl (C=O) groups excluding carboxylic acids is 1. The van der Waals surface area contributed by atoms with Crippen molar-refractivity contribution < 1.29 is 14.7 Å². The summed E-state index contributed by atoms with van der Waals surface area (Å²) in [6.45, 7) is 1.97. The van der Waals surface area contributed by atoms with E-state index in [4.69, 9.17) is 5.11 Å². The van der Waals surface area contributed by atoms with Crippen molar-refractivity contribution >= 4 is 23.8 Å². The summed E-state index contributed by atoms with van der Waals surface area (Å²) in [5.41, 5.74) is 0. The van der Waals surface area contributed by atoms with Crippen LogP contribution in [0.25, 0.3) is 0 Å². The first-order chi connectivity index (χ1) is 8.52. The van der Waals surface area contributed by atoms with Crippen LogP contribution in [-0.2, 0) is 4.79 Å². The van der Waals surface area contributed by atoms with E-state index in [9.17, 15) is 9.59 Å². The van der Waals surface area contributed by atoms with E-state index >= 15 is 0 Å². The Labute approximate surface area is 112 Å². The minimum absolute atomic E-state index is 0.113. The van der Waals surface area contributed by atoms with E-state index < -0.39 is 5.97 Å². The van der Waals surface area contributed by atoms with E-state index in [0.717, 1.165) is 18.6 Å². The van der Waals surface area contributed by atoms with Crippen LogP contribution in [0.3, 0.4) is 0 Å². The van der Waals surface area contributed by atoms with E-state index in [-0.39, 0.29) is 24.0 Å². The Bertz CT molecular complexity index is 291. The summed E-state index contributed by atoms with van der Waals surface area (Å²) in [7, 11) is 0. The molecule has 0 bridgehead atoms. The molecule has 3 N–H and O–H groups in total. The fraction of sp³-hybridized carbons (Fsp3) is 0.833. The van der Waals surface area contributed by atoms with Crippen molar-refractivity contribution in [3.8, 4) is 0 Å². The van der Waals surface area contributed by atoms with Gasteiger partial charge in [0.15, 0.2) is 0 Å². The van der Waals surface area contributed by atoms with Gasteiger partial charge in [-0.05, 0) is 38.9 Å². The third-order valence-electron chi connectivity index (χ3n) is 3.21. The molecule has 0 aromatic heterocycles. The first-order valence-corrected chi connectivity index (χ1v) is 7.71. The molecular formula is C12H22N2O3S. The Balaban J connectivity index is 2.24. The Morgan fingerprint density at radius 1 is 1.33 bits per heavy atom. The summed E-state index contributed by atoms with van der Waals surface area (Å²) in [4.78, 5) is 22.5. The lowest BCUT2D eigenvalue weighted by atomic mass is 9.86. The number of nitrogens with one attached hydrogen (secondary N) is 2.